The standard InChI is InChI=1S/C18H18N2O4/c1-11-16(12(2)24-19-11)10-23-17-9-14-7-5-4-6-13(14)8-15(17)18(21)20-22-3/h4-9H,10H2,1-3H3,(H,20,21). The summed E-state index contributed by atoms with van der Waals surface area (Å²) in [5.41, 5.74) is 4.39. The summed E-state index contributed by atoms with van der Waals surface area (Å²) in [6.07, 6.45) is 0. The van der Waals surface area contributed by atoms with Crippen LogP contribution in [0.25, 0.3) is 10.8 Å². The highest BCUT2D eigenvalue weighted by Gasteiger charge is 2.16. The van der Waals surface area contributed by atoms with Gasteiger partial charge in [0, 0.05) is 0 Å². The average molecular weight is 326 g/mol. The van der Waals surface area contributed by atoms with Crippen LogP contribution in [0, 0.1) is 13.8 Å². The van der Waals surface area contributed by atoms with Gasteiger partial charge in [-0.25, -0.2) is 5.48 Å². The van der Waals surface area contributed by atoms with Crippen LogP contribution >= 0.6 is 0 Å². The number of rotatable bonds is 5. The number of ether oxygens (including phenoxy) is 1. The Morgan fingerprint density at radius 1 is 1.21 bits per heavy atom. The lowest BCUT2D eigenvalue weighted by Gasteiger charge is -2.12. The molecule has 0 unspecified atom stereocenters. The summed E-state index contributed by atoms with van der Waals surface area (Å²) in [5.74, 6) is 0.816. The van der Waals surface area contributed by atoms with E-state index in [9.17, 15) is 4.79 Å². The molecular weight excluding hydrogens is 308 g/mol. The fraction of sp³-hybridized carbons (Fsp3) is 0.222. The fourth-order valence-corrected chi connectivity index (χ4v) is 2.52. The minimum absolute atomic E-state index is 0.271. The van der Waals surface area contributed by atoms with Crippen molar-refractivity contribution in [3.63, 3.8) is 0 Å². The molecule has 0 atom stereocenters. The molecule has 0 spiro atoms. The van der Waals surface area contributed by atoms with Crippen LogP contribution in [-0.4, -0.2) is 18.2 Å². The molecule has 1 amide bonds. The molecule has 0 aliphatic heterocycles. The number of benzene rings is 2. The van der Waals surface area contributed by atoms with Gasteiger partial charge in [0.05, 0.1) is 23.9 Å². The lowest BCUT2D eigenvalue weighted by molar-refractivity contribution is 0.0534. The second-order valence-electron chi connectivity index (χ2n) is 5.42. The molecule has 24 heavy (non-hydrogen) atoms. The van der Waals surface area contributed by atoms with E-state index in [1.54, 1.807) is 6.07 Å². The first-order chi connectivity index (χ1) is 11.6. The molecule has 1 heterocycles. The van der Waals surface area contributed by atoms with Crippen LogP contribution < -0.4 is 10.2 Å². The maximum atomic E-state index is 12.3. The number of fused-ring (bicyclic) bond motifs is 1. The van der Waals surface area contributed by atoms with Crippen LogP contribution in [0.2, 0.25) is 0 Å². The topological polar surface area (TPSA) is 73.6 Å². The molecule has 2 aromatic carbocycles. The Labute approximate surface area is 139 Å². The molecule has 0 bridgehead atoms. The zero-order valence-corrected chi connectivity index (χ0v) is 13.8. The third kappa shape index (κ3) is 3.09. The summed E-state index contributed by atoms with van der Waals surface area (Å²) in [4.78, 5) is 17.0. The van der Waals surface area contributed by atoms with Crippen molar-refractivity contribution in [1.82, 2.24) is 10.6 Å². The molecule has 0 saturated carbocycles. The Morgan fingerprint density at radius 2 is 1.92 bits per heavy atom. The monoisotopic (exact) mass is 326 g/mol. The van der Waals surface area contributed by atoms with Crippen LogP contribution in [-0.2, 0) is 11.4 Å². The Balaban J connectivity index is 1.97. The van der Waals surface area contributed by atoms with Crippen LogP contribution in [0.15, 0.2) is 40.9 Å². The first kappa shape index (κ1) is 16.0. The Bertz CT molecular complexity index is 866. The van der Waals surface area contributed by atoms with E-state index in [4.69, 9.17) is 14.1 Å². The smallest absolute Gasteiger partial charge is 0.278 e. The van der Waals surface area contributed by atoms with Gasteiger partial charge in [-0.3, -0.25) is 9.63 Å². The SMILES string of the molecule is CONC(=O)c1cc2ccccc2cc1OCc1c(C)noc1C. The number of aryl methyl sites for hydroxylation is 2. The van der Waals surface area contributed by atoms with Gasteiger partial charge in [-0.05, 0) is 36.8 Å². The molecule has 0 aliphatic rings. The van der Waals surface area contributed by atoms with Crippen molar-refractivity contribution in [2.75, 3.05) is 7.11 Å². The third-order valence-corrected chi connectivity index (χ3v) is 3.84. The normalized spacial score (nSPS) is 10.8. The number of amides is 1. The van der Waals surface area contributed by atoms with Crippen molar-refractivity contribution in [1.29, 1.82) is 0 Å². The highest BCUT2D eigenvalue weighted by molar-refractivity contribution is 6.01. The lowest BCUT2D eigenvalue weighted by atomic mass is 10.1. The van der Waals surface area contributed by atoms with Gasteiger partial charge in [-0.1, -0.05) is 29.4 Å². The number of carbonyl (C=O) groups excluding carboxylic acids is 1. The van der Waals surface area contributed by atoms with Gasteiger partial charge < -0.3 is 9.26 Å². The van der Waals surface area contributed by atoms with Gasteiger partial charge in [0.1, 0.15) is 18.1 Å². The van der Waals surface area contributed by atoms with Crippen molar-refractivity contribution in [3.05, 3.63) is 59.0 Å². The summed E-state index contributed by atoms with van der Waals surface area (Å²) >= 11 is 0. The van der Waals surface area contributed by atoms with E-state index in [0.29, 0.717) is 17.1 Å². The number of nitrogens with one attached hydrogen (secondary N) is 1. The van der Waals surface area contributed by atoms with Crippen LogP contribution in [0.1, 0.15) is 27.4 Å². The van der Waals surface area contributed by atoms with Crippen molar-refractivity contribution in [2.24, 2.45) is 0 Å². The van der Waals surface area contributed by atoms with E-state index in [1.807, 2.05) is 44.2 Å². The molecule has 6 nitrogen and oxygen atoms in total. The molecule has 1 N–H and O–H groups in total. The molecular formula is C18H18N2O4. The average Bonchev–Trinajstić information content (AvgIpc) is 2.90. The number of aromatic nitrogens is 1. The molecule has 0 aliphatic carbocycles. The zero-order chi connectivity index (χ0) is 17.1. The Kier molecular flexibility index (Phi) is 4.48. The van der Waals surface area contributed by atoms with E-state index < -0.39 is 0 Å². The maximum absolute atomic E-state index is 12.3. The highest BCUT2D eigenvalue weighted by Crippen LogP contribution is 2.27. The van der Waals surface area contributed by atoms with Gasteiger partial charge in [0.25, 0.3) is 5.91 Å². The molecule has 1 aromatic heterocycles. The van der Waals surface area contributed by atoms with Crippen molar-refractivity contribution in [2.45, 2.75) is 20.5 Å². The lowest BCUT2D eigenvalue weighted by Crippen LogP contribution is -2.22. The largest absolute Gasteiger partial charge is 0.488 e. The van der Waals surface area contributed by atoms with E-state index in [1.165, 1.54) is 7.11 Å². The molecule has 0 saturated heterocycles. The first-order valence-corrected chi connectivity index (χ1v) is 7.51. The number of hydrogen-bond acceptors (Lipinski definition) is 5. The zero-order valence-electron chi connectivity index (χ0n) is 13.8. The number of hydroxylamine groups is 1. The van der Waals surface area contributed by atoms with Crippen molar-refractivity contribution < 1.29 is 18.9 Å². The fourth-order valence-electron chi connectivity index (χ4n) is 2.52. The molecule has 0 radical (unpaired) electrons. The Morgan fingerprint density at radius 3 is 2.54 bits per heavy atom. The quantitative estimate of drug-likeness (QED) is 0.728. The van der Waals surface area contributed by atoms with Gasteiger partial charge in [-0.2, -0.15) is 0 Å². The summed E-state index contributed by atoms with van der Waals surface area (Å²) < 4.78 is 11.0. The van der Waals surface area contributed by atoms with E-state index in [0.717, 1.165) is 22.0 Å². The molecule has 0 fully saturated rings. The van der Waals surface area contributed by atoms with E-state index in [-0.39, 0.29) is 12.5 Å². The molecule has 6 heteroatoms. The van der Waals surface area contributed by atoms with Gasteiger partial charge in [-0.15, -0.1) is 0 Å². The highest BCUT2D eigenvalue weighted by atomic mass is 16.6. The Hall–Kier alpha value is -2.86. The van der Waals surface area contributed by atoms with Crippen molar-refractivity contribution >= 4 is 16.7 Å². The summed E-state index contributed by atoms with van der Waals surface area (Å²) in [5, 5.41) is 5.85. The minimum Gasteiger partial charge on any atom is -0.488 e. The first-order valence-electron chi connectivity index (χ1n) is 7.51. The maximum Gasteiger partial charge on any atom is 0.278 e. The number of carbonyl (C=O) groups is 1. The second kappa shape index (κ2) is 6.72. The van der Waals surface area contributed by atoms with Crippen LogP contribution in [0.3, 0.4) is 0 Å². The van der Waals surface area contributed by atoms with Crippen LogP contribution in [0.5, 0.6) is 5.75 Å². The molecule has 3 rings (SSSR count). The summed E-state index contributed by atoms with van der Waals surface area (Å²) in [6, 6.07) is 11.4. The van der Waals surface area contributed by atoms with Gasteiger partial charge in [0.2, 0.25) is 0 Å². The predicted octanol–water partition coefficient (Wildman–Crippen LogP) is 3.31. The summed E-state index contributed by atoms with van der Waals surface area (Å²) in [6.45, 7) is 3.96. The molecule has 3 aromatic rings. The van der Waals surface area contributed by atoms with E-state index >= 15 is 0 Å². The van der Waals surface area contributed by atoms with Gasteiger partial charge in [0.15, 0.2) is 0 Å². The van der Waals surface area contributed by atoms with Crippen molar-refractivity contribution in [3.8, 4) is 5.75 Å². The van der Waals surface area contributed by atoms with Crippen LogP contribution in [0.4, 0.5) is 0 Å². The number of nitrogens with zero attached hydrogens (tertiary/aromatic N) is 1. The van der Waals surface area contributed by atoms with E-state index in [2.05, 4.69) is 10.6 Å². The second-order valence-corrected chi connectivity index (χ2v) is 5.42. The predicted molar refractivity (Wildman–Crippen MR) is 88.7 cm³/mol. The minimum atomic E-state index is -0.364. The van der Waals surface area contributed by atoms with Gasteiger partial charge >= 0.3 is 0 Å². The third-order valence-electron chi connectivity index (χ3n) is 3.84. The summed E-state index contributed by atoms with van der Waals surface area (Å²) in [7, 11) is 1.39. The number of hydrogen-bond donors (Lipinski definition) is 1. The molecule has 124 valence electrons.